The summed E-state index contributed by atoms with van der Waals surface area (Å²) in [5.74, 6) is -0.765. The fourth-order valence-electron chi connectivity index (χ4n) is 1.82. The van der Waals surface area contributed by atoms with Crippen molar-refractivity contribution in [3.63, 3.8) is 0 Å². The highest BCUT2D eigenvalue weighted by Crippen LogP contribution is 2.33. The van der Waals surface area contributed by atoms with Crippen molar-refractivity contribution in [2.75, 3.05) is 4.31 Å². The Morgan fingerprint density at radius 1 is 1.25 bits per heavy atom. The number of anilines is 1. The molecular formula is C13H15FN2O2S2. The number of benzene rings is 1. The van der Waals surface area contributed by atoms with Gasteiger partial charge in [-0.25, -0.2) is 22.1 Å². The molecule has 0 saturated carbocycles. The number of aromatic nitrogens is 1. The quantitative estimate of drug-likeness (QED) is 0.873. The third kappa shape index (κ3) is 2.69. The molecule has 20 heavy (non-hydrogen) atoms. The molecule has 2 aromatic rings. The van der Waals surface area contributed by atoms with E-state index in [-0.39, 0.29) is 4.90 Å². The maximum atomic E-state index is 13.9. The summed E-state index contributed by atoms with van der Waals surface area (Å²) < 4.78 is 40.5. The minimum absolute atomic E-state index is 0.320. The van der Waals surface area contributed by atoms with Gasteiger partial charge in [-0.05, 0) is 32.9 Å². The Balaban J connectivity index is 2.63. The fourth-order valence-corrected chi connectivity index (χ4v) is 4.71. The van der Waals surface area contributed by atoms with Gasteiger partial charge in [-0.1, -0.05) is 12.1 Å². The molecular weight excluding hydrogens is 299 g/mol. The summed E-state index contributed by atoms with van der Waals surface area (Å²) >= 11 is 1.20. The van der Waals surface area contributed by atoms with Gasteiger partial charge in [0.05, 0.1) is 5.54 Å². The van der Waals surface area contributed by atoms with Gasteiger partial charge in [0.1, 0.15) is 10.7 Å². The first-order chi connectivity index (χ1) is 9.24. The number of nitrogens with zero attached hydrogens (tertiary/aromatic N) is 2. The number of sulfonamides is 1. The van der Waals surface area contributed by atoms with Gasteiger partial charge in [0, 0.05) is 11.6 Å². The van der Waals surface area contributed by atoms with E-state index in [4.69, 9.17) is 0 Å². The molecule has 7 heteroatoms. The molecule has 0 aliphatic carbocycles. The van der Waals surface area contributed by atoms with E-state index in [0.29, 0.717) is 5.13 Å². The van der Waals surface area contributed by atoms with Crippen molar-refractivity contribution < 1.29 is 12.8 Å². The molecule has 0 spiro atoms. The van der Waals surface area contributed by atoms with Gasteiger partial charge in [-0.15, -0.1) is 11.3 Å². The van der Waals surface area contributed by atoms with Crippen molar-refractivity contribution in [3.8, 4) is 0 Å². The number of rotatable bonds is 3. The lowest BCUT2D eigenvalue weighted by Crippen LogP contribution is -2.46. The molecule has 0 aliphatic rings. The van der Waals surface area contributed by atoms with Crippen LogP contribution in [-0.4, -0.2) is 18.9 Å². The lowest BCUT2D eigenvalue weighted by molar-refractivity contribution is 0.525. The van der Waals surface area contributed by atoms with E-state index in [1.807, 2.05) is 0 Å². The van der Waals surface area contributed by atoms with Crippen LogP contribution in [0, 0.1) is 5.82 Å². The Labute approximate surface area is 121 Å². The van der Waals surface area contributed by atoms with Gasteiger partial charge in [-0.2, -0.15) is 0 Å². The second-order valence-electron chi connectivity index (χ2n) is 5.19. The number of hydrogen-bond acceptors (Lipinski definition) is 4. The molecule has 0 bridgehead atoms. The maximum absolute atomic E-state index is 13.9. The molecule has 4 nitrogen and oxygen atoms in total. The normalized spacial score (nSPS) is 12.4. The maximum Gasteiger partial charge on any atom is 0.269 e. The van der Waals surface area contributed by atoms with Gasteiger partial charge < -0.3 is 0 Å². The molecule has 0 saturated heterocycles. The van der Waals surface area contributed by atoms with E-state index in [2.05, 4.69) is 4.98 Å². The zero-order chi connectivity index (χ0) is 15.0. The summed E-state index contributed by atoms with van der Waals surface area (Å²) in [4.78, 5) is 3.70. The Kier molecular flexibility index (Phi) is 3.84. The molecule has 108 valence electrons. The van der Waals surface area contributed by atoms with Gasteiger partial charge in [0.15, 0.2) is 5.13 Å². The van der Waals surface area contributed by atoms with Gasteiger partial charge >= 0.3 is 0 Å². The van der Waals surface area contributed by atoms with Crippen molar-refractivity contribution in [1.82, 2.24) is 4.98 Å². The third-order valence-corrected chi connectivity index (χ3v) is 5.52. The molecule has 0 aliphatic heterocycles. The molecule has 1 aromatic carbocycles. The van der Waals surface area contributed by atoms with Crippen molar-refractivity contribution in [1.29, 1.82) is 0 Å². The average Bonchev–Trinajstić information content (AvgIpc) is 2.80. The van der Waals surface area contributed by atoms with Crippen LogP contribution in [0.15, 0.2) is 40.7 Å². The van der Waals surface area contributed by atoms with E-state index in [1.54, 1.807) is 26.2 Å². The predicted octanol–water partition coefficient (Wildman–Crippen LogP) is 3.28. The molecule has 0 atom stereocenters. The molecule has 0 unspecified atom stereocenters. The zero-order valence-electron chi connectivity index (χ0n) is 11.4. The molecule has 0 radical (unpaired) electrons. The van der Waals surface area contributed by atoms with Crippen LogP contribution in [0.4, 0.5) is 9.52 Å². The highest BCUT2D eigenvalue weighted by Gasteiger charge is 2.37. The van der Waals surface area contributed by atoms with Gasteiger partial charge in [-0.3, -0.25) is 0 Å². The lowest BCUT2D eigenvalue weighted by Gasteiger charge is -2.34. The summed E-state index contributed by atoms with van der Waals surface area (Å²) in [6, 6.07) is 5.35. The predicted molar refractivity (Wildman–Crippen MR) is 77.9 cm³/mol. The SMILES string of the molecule is CC(C)(C)N(c1nccs1)S(=O)(=O)c1ccccc1F. The smallest absolute Gasteiger partial charge is 0.236 e. The molecule has 1 aromatic heterocycles. The molecule has 0 amide bonds. The van der Waals surface area contributed by atoms with Crippen LogP contribution in [-0.2, 0) is 10.0 Å². The van der Waals surface area contributed by atoms with Crippen molar-refractivity contribution in [3.05, 3.63) is 41.7 Å². The highest BCUT2D eigenvalue weighted by molar-refractivity contribution is 7.93. The van der Waals surface area contributed by atoms with Crippen LogP contribution in [0.2, 0.25) is 0 Å². The van der Waals surface area contributed by atoms with Gasteiger partial charge in [0.2, 0.25) is 0 Å². The summed E-state index contributed by atoms with van der Waals surface area (Å²) in [6.45, 7) is 5.23. The van der Waals surface area contributed by atoms with Crippen LogP contribution in [0.1, 0.15) is 20.8 Å². The van der Waals surface area contributed by atoms with E-state index >= 15 is 0 Å². The summed E-state index contributed by atoms with van der Waals surface area (Å²) in [5, 5.41) is 2.01. The van der Waals surface area contributed by atoms with Crippen LogP contribution in [0.25, 0.3) is 0 Å². The largest absolute Gasteiger partial charge is 0.269 e. The first-order valence-corrected chi connectivity index (χ1v) is 8.26. The Morgan fingerprint density at radius 2 is 1.90 bits per heavy atom. The van der Waals surface area contributed by atoms with Crippen molar-refractivity contribution >= 4 is 26.5 Å². The zero-order valence-corrected chi connectivity index (χ0v) is 13.0. The molecule has 2 rings (SSSR count). The van der Waals surface area contributed by atoms with E-state index in [0.717, 1.165) is 10.4 Å². The minimum atomic E-state index is -4.01. The second kappa shape index (κ2) is 5.14. The van der Waals surface area contributed by atoms with Gasteiger partial charge in [0.25, 0.3) is 10.0 Å². The molecule has 1 heterocycles. The van der Waals surface area contributed by atoms with Crippen LogP contribution in [0.5, 0.6) is 0 Å². The van der Waals surface area contributed by atoms with Crippen molar-refractivity contribution in [2.24, 2.45) is 0 Å². The van der Waals surface area contributed by atoms with Crippen LogP contribution >= 0.6 is 11.3 Å². The van der Waals surface area contributed by atoms with E-state index in [9.17, 15) is 12.8 Å². The Hall–Kier alpha value is -1.47. The molecule has 0 N–H and O–H groups in total. The lowest BCUT2D eigenvalue weighted by atomic mass is 10.1. The number of thiazole rings is 1. The third-order valence-electron chi connectivity index (χ3n) is 2.56. The summed E-state index contributed by atoms with van der Waals surface area (Å²) in [6.07, 6.45) is 1.52. The Bertz CT molecular complexity index is 691. The fraction of sp³-hybridized carbons (Fsp3) is 0.308. The summed E-state index contributed by atoms with van der Waals surface area (Å²) in [5.41, 5.74) is -0.751. The summed E-state index contributed by atoms with van der Waals surface area (Å²) in [7, 11) is -4.01. The minimum Gasteiger partial charge on any atom is -0.236 e. The average molecular weight is 314 g/mol. The second-order valence-corrected chi connectivity index (χ2v) is 7.81. The first-order valence-electron chi connectivity index (χ1n) is 5.94. The monoisotopic (exact) mass is 314 g/mol. The van der Waals surface area contributed by atoms with E-state index < -0.39 is 21.4 Å². The van der Waals surface area contributed by atoms with Crippen LogP contribution < -0.4 is 4.31 Å². The van der Waals surface area contributed by atoms with E-state index in [1.165, 1.54) is 35.7 Å². The highest BCUT2D eigenvalue weighted by atomic mass is 32.2. The first kappa shape index (κ1) is 14.9. The van der Waals surface area contributed by atoms with Crippen molar-refractivity contribution in [2.45, 2.75) is 31.2 Å². The topological polar surface area (TPSA) is 50.3 Å². The standard InChI is InChI=1S/C13H15FN2O2S2/c1-13(2,3)16(12-15-8-9-19-12)20(17,18)11-7-5-4-6-10(11)14/h4-9H,1-3H3. The molecule has 0 fully saturated rings. The number of halogens is 1. The number of hydrogen-bond donors (Lipinski definition) is 0. The van der Waals surface area contributed by atoms with Crippen LogP contribution in [0.3, 0.4) is 0 Å². The Morgan fingerprint density at radius 3 is 2.40 bits per heavy atom.